The lowest BCUT2D eigenvalue weighted by atomic mass is 10.2. The molecule has 0 bridgehead atoms. The monoisotopic (exact) mass is 444 g/mol. The van der Waals surface area contributed by atoms with Gasteiger partial charge in [-0.25, -0.2) is 4.98 Å². The molecule has 0 atom stereocenters. The molecule has 0 saturated heterocycles. The van der Waals surface area contributed by atoms with Crippen LogP contribution in [0.1, 0.15) is 16.1 Å². The van der Waals surface area contributed by atoms with Crippen molar-refractivity contribution in [2.75, 3.05) is 18.9 Å². The summed E-state index contributed by atoms with van der Waals surface area (Å²) in [5.74, 6) is 1.16. The number of likely N-dealkylation sites (N-methyl/N-ethyl adjacent to an activating group) is 1. The van der Waals surface area contributed by atoms with Gasteiger partial charge >= 0.3 is 0 Å². The van der Waals surface area contributed by atoms with Crippen molar-refractivity contribution in [3.8, 4) is 11.6 Å². The average Bonchev–Trinajstić information content (AvgIpc) is 3.08. The lowest BCUT2D eigenvalue weighted by Crippen LogP contribution is -2.35. The van der Waals surface area contributed by atoms with Crippen LogP contribution in [0.3, 0.4) is 0 Å². The number of ether oxygens (including phenoxy) is 1. The van der Waals surface area contributed by atoms with Gasteiger partial charge in [0.2, 0.25) is 11.8 Å². The third-order valence-corrected chi connectivity index (χ3v) is 4.17. The summed E-state index contributed by atoms with van der Waals surface area (Å²) in [5.41, 5.74) is 0.343. The number of nitrogens with zero attached hydrogens (tertiary/aromatic N) is 3. The Kier molecular flexibility index (Phi) is 6.05. The molecule has 1 N–H and O–H groups in total. The number of hydrogen-bond acceptors (Lipinski definition) is 6. The molecule has 0 aliphatic heterocycles. The Morgan fingerprint density at radius 1 is 1.21 bits per heavy atom. The second-order valence-electron chi connectivity index (χ2n) is 5.97. The summed E-state index contributed by atoms with van der Waals surface area (Å²) in [7, 11) is 1.53. The van der Waals surface area contributed by atoms with Crippen molar-refractivity contribution >= 4 is 33.6 Å². The van der Waals surface area contributed by atoms with Crippen LogP contribution in [-0.4, -0.2) is 40.4 Å². The molecule has 3 rings (SSSR count). The molecule has 0 saturated carbocycles. The van der Waals surface area contributed by atoms with Gasteiger partial charge in [0, 0.05) is 29.8 Å². The van der Waals surface area contributed by atoms with E-state index in [1.54, 1.807) is 37.3 Å². The van der Waals surface area contributed by atoms with Gasteiger partial charge < -0.3 is 19.5 Å². The zero-order chi connectivity index (χ0) is 20.1. The van der Waals surface area contributed by atoms with Gasteiger partial charge in [0.15, 0.2) is 5.82 Å². The molecular formula is C19H17BrN4O4. The van der Waals surface area contributed by atoms with Crippen LogP contribution >= 0.6 is 15.9 Å². The number of amides is 2. The maximum Gasteiger partial charge on any atom is 0.255 e. The van der Waals surface area contributed by atoms with E-state index in [9.17, 15) is 9.59 Å². The van der Waals surface area contributed by atoms with Gasteiger partial charge in [-0.1, -0.05) is 21.1 Å². The maximum atomic E-state index is 12.5. The second kappa shape index (κ2) is 8.66. The number of pyridine rings is 1. The average molecular weight is 445 g/mol. The number of aryl methyl sites for hydroxylation is 1. The predicted octanol–water partition coefficient (Wildman–Crippen LogP) is 3.64. The highest BCUT2D eigenvalue weighted by Gasteiger charge is 2.16. The molecule has 8 nitrogen and oxygen atoms in total. The van der Waals surface area contributed by atoms with Crippen LogP contribution in [0.4, 0.5) is 5.82 Å². The first kappa shape index (κ1) is 19.6. The number of aromatic nitrogens is 2. The quantitative estimate of drug-likeness (QED) is 0.622. The summed E-state index contributed by atoms with van der Waals surface area (Å²) >= 11 is 3.36. The van der Waals surface area contributed by atoms with E-state index in [-0.39, 0.29) is 18.4 Å². The van der Waals surface area contributed by atoms with Crippen molar-refractivity contribution in [3.05, 3.63) is 64.5 Å². The zero-order valence-electron chi connectivity index (χ0n) is 15.2. The zero-order valence-corrected chi connectivity index (χ0v) is 16.8. The fourth-order valence-electron chi connectivity index (χ4n) is 2.31. The molecular weight excluding hydrogens is 428 g/mol. The molecule has 0 unspecified atom stereocenters. The molecule has 0 fully saturated rings. The molecule has 3 aromatic rings. The van der Waals surface area contributed by atoms with Crippen LogP contribution in [0.15, 0.2) is 57.7 Å². The Hall–Kier alpha value is -3.20. The number of nitrogens with one attached hydrogen (secondary N) is 1. The number of benzene rings is 1. The molecule has 9 heteroatoms. The summed E-state index contributed by atoms with van der Waals surface area (Å²) in [6.07, 6.45) is 1.41. The minimum Gasteiger partial charge on any atom is -0.439 e. The smallest absolute Gasteiger partial charge is 0.255 e. The van der Waals surface area contributed by atoms with Crippen LogP contribution in [0.5, 0.6) is 11.6 Å². The Morgan fingerprint density at radius 3 is 2.57 bits per heavy atom. The highest BCUT2D eigenvalue weighted by molar-refractivity contribution is 9.10. The third kappa shape index (κ3) is 5.17. The van der Waals surface area contributed by atoms with E-state index in [1.807, 2.05) is 12.1 Å². The first-order valence-electron chi connectivity index (χ1n) is 8.29. The van der Waals surface area contributed by atoms with Gasteiger partial charge in [-0.05, 0) is 37.3 Å². The van der Waals surface area contributed by atoms with Gasteiger partial charge in [0.25, 0.3) is 5.91 Å². The molecule has 0 aliphatic carbocycles. The Balaban J connectivity index is 1.57. The van der Waals surface area contributed by atoms with Crippen LogP contribution < -0.4 is 10.1 Å². The van der Waals surface area contributed by atoms with E-state index in [2.05, 4.69) is 31.4 Å². The number of carbonyl (C=O) groups is 2. The molecule has 28 heavy (non-hydrogen) atoms. The summed E-state index contributed by atoms with van der Waals surface area (Å²) < 4.78 is 11.4. The molecule has 144 valence electrons. The highest BCUT2D eigenvalue weighted by atomic mass is 79.9. The molecule has 1 aromatic carbocycles. The van der Waals surface area contributed by atoms with E-state index >= 15 is 0 Å². The summed E-state index contributed by atoms with van der Waals surface area (Å²) in [6, 6.07) is 12.1. The maximum absolute atomic E-state index is 12.5. The van der Waals surface area contributed by atoms with E-state index in [0.29, 0.717) is 28.8 Å². The minimum atomic E-state index is -0.382. The molecule has 0 aliphatic rings. The standard InChI is InChI=1S/C19H17BrN4O4/c1-12-9-16(23-28-12)22-17(25)11-24(2)19(26)13-3-8-18(21-10-13)27-15-6-4-14(20)5-7-15/h3-10H,11H2,1-2H3,(H,22,23,25). The van der Waals surface area contributed by atoms with E-state index in [0.717, 1.165) is 4.47 Å². The van der Waals surface area contributed by atoms with Crippen molar-refractivity contribution in [2.24, 2.45) is 0 Å². The molecule has 0 spiro atoms. The predicted molar refractivity (Wildman–Crippen MR) is 105 cm³/mol. The number of rotatable bonds is 6. The van der Waals surface area contributed by atoms with Crippen molar-refractivity contribution in [2.45, 2.75) is 6.92 Å². The summed E-state index contributed by atoms with van der Waals surface area (Å²) in [5, 5.41) is 6.24. The number of hydrogen-bond donors (Lipinski definition) is 1. The first-order valence-corrected chi connectivity index (χ1v) is 9.08. The number of carbonyl (C=O) groups excluding carboxylic acids is 2. The van der Waals surface area contributed by atoms with Crippen LogP contribution in [0.25, 0.3) is 0 Å². The number of anilines is 1. The second-order valence-corrected chi connectivity index (χ2v) is 6.89. The first-order chi connectivity index (χ1) is 13.4. The summed E-state index contributed by atoms with van der Waals surface area (Å²) in [4.78, 5) is 29.9. The fraction of sp³-hybridized carbons (Fsp3) is 0.158. The van der Waals surface area contributed by atoms with E-state index < -0.39 is 0 Å². The van der Waals surface area contributed by atoms with Gasteiger partial charge in [-0.3, -0.25) is 9.59 Å². The largest absolute Gasteiger partial charge is 0.439 e. The highest BCUT2D eigenvalue weighted by Crippen LogP contribution is 2.22. The van der Waals surface area contributed by atoms with Crippen molar-refractivity contribution in [1.29, 1.82) is 0 Å². The molecule has 2 heterocycles. The normalized spacial score (nSPS) is 10.4. The number of halogens is 1. The minimum absolute atomic E-state index is 0.137. The lowest BCUT2D eigenvalue weighted by Gasteiger charge is -2.16. The van der Waals surface area contributed by atoms with E-state index in [1.165, 1.54) is 18.1 Å². The molecule has 2 aromatic heterocycles. The van der Waals surface area contributed by atoms with Crippen molar-refractivity contribution in [1.82, 2.24) is 15.0 Å². The van der Waals surface area contributed by atoms with Crippen LogP contribution in [0.2, 0.25) is 0 Å². The Morgan fingerprint density at radius 2 is 1.96 bits per heavy atom. The van der Waals surface area contributed by atoms with Crippen LogP contribution in [0, 0.1) is 6.92 Å². The van der Waals surface area contributed by atoms with Gasteiger partial charge in [0.1, 0.15) is 11.5 Å². The lowest BCUT2D eigenvalue weighted by molar-refractivity contribution is -0.116. The van der Waals surface area contributed by atoms with Crippen molar-refractivity contribution < 1.29 is 18.8 Å². The molecule has 0 radical (unpaired) electrons. The van der Waals surface area contributed by atoms with Gasteiger partial charge in [-0.15, -0.1) is 0 Å². The topological polar surface area (TPSA) is 97.6 Å². The van der Waals surface area contributed by atoms with Crippen molar-refractivity contribution in [3.63, 3.8) is 0 Å². The Bertz CT molecular complexity index is 970. The Labute approximate surface area is 169 Å². The molecule has 2 amide bonds. The third-order valence-electron chi connectivity index (χ3n) is 3.64. The summed E-state index contributed by atoms with van der Waals surface area (Å²) in [6.45, 7) is 1.58. The van der Waals surface area contributed by atoms with Gasteiger partial charge in [0.05, 0.1) is 12.1 Å². The van der Waals surface area contributed by atoms with Crippen LogP contribution in [-0.2, 0) is 4.79 Å². The van der Waals surface area contributed by atoms with Gasteiger partial charge in [-0.2, -0.15) is 0 Å². The SMILES string of the molecule is Cc1cc(NC(=O)CN(C)C(=O)c2ccc(Oc3ccc(Br)cc3)nc2)no1. The fourth-order valence-corrected chi connectivity index (χ4v) is 2.57. The van der Waals surface area contributed by atoms with E-state index in [4.69, 9.17) is 9.26 Å².